The standard InChI is InChI=1S/C26H23N3OS2/c1-17-7-3-4-9-22(17)30-20-12-10-19(11-13-20)29-24(25-18(2)14-16-32-25)23(28-26(29)31)21-8-5-6-15-27-21/h3-16,23-24H,1-2H3,(H,28,31). The van der Waals surface area contributed by atoms with Crippen molar-refractivity contribution in [2.75, 3.05) is 4.90 Å². The van der Waals surface area contributed by atoms with Crippen molar-refractivity contribution in [2.45, 2.75) is 25.9 Å². The van der Waals surface area contributed by atoms with Gasteiger partial charge in [-0.2, -0.15) is 0 Å². The molecule has 2 unspecified atom stereocenters. The summed E-state index contributed by atoms with van der Waals surface area (Å²) in [6.07, 6.45) is 1.83. The van der Waals surface area contributed by atoms with Gasteiger partial charge >= 0.3 is 0 Å². The Labute approximate surface area is 197 Å². The minimum Gasteiger partial charge on any atom is -0.457 e. The van der Waals surface area contributed by atoms with Gasteiger partial charge in [0.05, 0.1) is 17.8 Å². The smallest absolute Gasteiger partial charge is 0.174 e. The number of para-hydroxylation sites is 1. The lowest BCUT2D eigenvalue weighted by molar-refractivity contribution is 0.479. The van der Waals surface area contributed by atoms with Gasteiger partial charge in [-0.25, -0.2) is 0 Å². The third kappa shape index (κ3) is 3.87. The summed E-state index contributed by atoms with van der Waals surface area (Å²) in [6, 6.07) is 24.3. The van der Waals surface area contributed by atoms with Gasteiger partial charge < -0.3 is 15.0 Å². The fraction of sp³-hybridized carbons (Fsp3) is 0.154. The average Bonchev–Trinajstić information content (AvgIpc) is 3.39. The molecule has 0 bridgehead atoms. The van der Waals surface area contributed by atoms with Gasteiger partial charge in [0.1, 0.15) is 11.5 Å². The molecule has 1 aliphatic heterocycles. The summed E-state index contributed by atoms with van der Waals surface area (Å²) in [4.78, 5) is 8.10. The van der Waals surface area contributed by atoms with E-state index in [4.69, 9.17) is 17.0 Å². The average molecular weight is 458 g/mol. The number of aromatic nitrogens is 1. The zero-order valence-corrected chi connectivity index (χ0v) is 19.5. The van der Waals surface area contributed by atoms with E-state index in [-0.39, 0.29) is 12.1 Å². The number of anilines is 1. The lowest BCUT2D eigenvalue weighted by Crippen LogP contribution is -2.29. The molecular formula is C26H23N3OS2. The molecule has 4 aromatic rings. The maximum atomic E-state index is 6.09. The molecule has 0 radical (unpaired) electrons. The summed E-state index contributed by atoms with van der Waals surface area (Å²) < 4.78 is 6.09. The minimum atomic E-state index is -0.0241. The molecule has 2 atom stereocenters. The highest BCUT2D eigenvalue weighted by molar-refractivity contribution is 7.80. The molecule has 5 rings (SSSR count). The van der Waals surface area contributed by atoms with Gasteiger partial charge in [0.15, 0.2) is 5.11 Å². The number of pyridine rings is 1. The van der Waals surface area contributed by atoms with Crippen LogP contribution in [0.25, 0.3) is 0 Å². The third-order valence-corrected chi connectivity index (χ3v) is 7.11. The van der Waals surface area contributed by atoms with Crippen molar-refractivity contribution in [3.8, 4) is 11.5 Å². The molecule has 1 N–H and O–H groups in total. The number of thiocarbonyl (C=S) groups is 1. The van der Waals surface area contributed by atoms with Gasteiger partial charge in [0, 0.05) is 16.8 Å². The molecule has 0 aliphatic carbocycles. The van der Waals surface area contributed by atoms with Gasteiger partial charge in [-0.1, -0.05) is 24.3 Å². The fourth-order valence-corrected chi connectivity index (χ4v) is 5.46. The van der Waals surface area contributed by atoms with E-state index >= 15 is 0 Å². The molecule has 6 heteroatoms. The predicted molar refractivity (Wildman–Crippen MR) is 135 cm³/mol. The first-order chi connectivity index (χ1) is 15.6. The lowest BCUT2D eigenvalue weighted by Gasteiger charge is -2.27. The highest BCUT2D eigenvalue weighted by Gasteiger charge is 2.41. The van der Waals surface area contributed by atoms with Crippen LogP contribution in [0.5, 0.6) is 11.5 Å². The van der Waals surface area contributed by atoms with E-state index in [1.54, 1.807) is 11.3 Å². The zero-order valence-electron chi connectivity index (χ0n) is 17.9. The molecule has 2 aromatic heterocycles. The van der Waals surface area contributed by atoms with E-state index in [1.165, 1.54) is 10.4 Å². The van der Waals surface area contributed by atoms with Crippen molar-refractivity contribution in [3.63, 3.8) is 0 Å². The van der Waals surface area contributed by atoms with Gasteiger partial charge in [0.2, 0.25) is 0 Å². The van der Waals surface area contributed by atoms with E-state index in [1.807, 2.05) is 61.7 Å². The number of nitrogens with one attached hydrogen (secondary N) is 1. The van der Waals surface area contributed by atoms with Gasteiger partial charge in [-0.3, -0.25) is 4.98 Å². The van der Waals surface area contributed by atoms with Crippen LogP contribution in [-0.2, 0) is 0 Å². The topological polar surface area (TPSA) is 37.4 Å². The van der Waals surface area contributed by atoms with Gasteiger partial charge in [-0.15, -0.1) is 11.3 Å². The van der Waals surface area contributed by atoms with Crippen LogP contribution in [0, 0.1) is 13.8 Å². The van der Waals surface area contributed by atoms with E-state index < -0.39 is 0 Å². The number of benzene rings is 2. The molecule has 3 heterocycles. The number of hydrogen-bond donors (Lipinski definition) is 1. The van der Waals surface area contributed by atoms with Crippen LogP contribution in [0.15, 0.2) is 84.4 Å². The van der Waals surface area contributed by atoms with Crippen LogP contribution >= 0.6 is 23.6 Å². The summed E-state index contributed by atoms with van der Waals surface area (Å²) in [5.41, 5.74) is 4.37. The number of nitrogens with zero attached hydrogens (tertiary/aromatic N) is 2. The maximum Gasteiger partial charge on any atom is 0.174 e. The van der Waals surface area contributed by atoms with Crippen LogP contribution in [0.4, 0.5) is 5.69 Å². The highest BCUT2D eigenvalue weighted by atomic mass is 32.1. The van der Waals surface area contributed by atoms with Crippen molar-refractivity contribution >= 4 is 34.4 Å². The number of hydrogen-bond acceptors (Lipinski definition) is 4. The molecule has 0 saturated carbocycles. The van der Waals surface area contributed by atoms with E-state index in [0.29, 0.717) is 5.11 Å². The first-order valence-electron chi connectivity index (χ1n) is 10.5. The molecule has 1 saturated heterocycles. The minimum absolute atomic E-state index is 0.0241. The van der Waals surface area contributed by atoms with Crippen LogP contribution in [-0.4, -0.2) is 10.1 Å². The Morgan fingerprint density at radius 3 is 2.41 bits per heavy atom. The van der Waals surface area contributed by atoms with Gasteiger partial charge in [0.25, 0.3) is 0 Å². The number of aryl methyl sites for hydroxylation is 2. The van der Waals surface area contributed by atoms with Crippen LogP contribution in [0.1, 0.15) is 33.8 Å². The van der Waals surface area contributed by atoms with Crippen molar-refractivity contribution in [3.05, 3.63) is 106 Å². The molecule has 1 fully saturated rings. The van der Waals surface area contributed by atoms with E-state index in [0.717, 1.165) is 28.4 Å². The third-order valence-electron chi connectivity index (χ3n) is 5.70. The molecule has 1 aliphatic rings. The lowest BCUT2D eigenvalue weighted by atomic mass is 10.0. The SMILES string of the molecule is Cc1ccccc1Oc1ccc(N2C(=S)NC(c3ccccn3)C2c2sccc2C)cc1. The van der Waals surface area contributed by atoms with Crippen molar-refractivity contribution in [1.82, 2.24) is 10.3 Å². The summed E-state index contributed by atoms with van der Waals surface area (Å²) in [5.74, 6) is 1.66. The maximum absolute atomic E-state index is 6.09. The monoisotopic (exact) mass is 457 g/mol. The van der Waals surface area contributed by atoms with Gasteiger partial charge in [-0.05, 0) is 91.1 Å². The Morgan fingerprint density at radius 2 is 1.72 bits per heavy atom. The Bertz CT molecular complexity index is 1240. The van der Waals surface area contributed by atoms with Crippen LogP contribution < -0.4 is 15.0 Å². The second-order valence-corrected chi connectivity index (χ2v) is 9.16. The number of rotatable bonds is 5. The Morgan fingerprint density at radius 1 is 0.938 bits per heavy atom. The highest BCUT2D eigenvalue weighted by Crippen LogP contribution is 2.44. The summed E-state index contributed by atoms with van der Waals surface area (Å²) in [6.45, 7) is 4.20. The molecule has 0 amide bonds. The second-order valence-electron chi connectivity index (χ2n) is 7.83. The van der Waals surface area contributed by atoms with Crippen molar-refractivity contribution in [2.24, 2.45) is 0 Å². The first kappa shape index (κ1) is 20.7. The zero-order chi connectivity index (χ0) is 22.1. The molecule has 160 valence electrons. The Hall–Kier alpha value is -3.22. The second kappa shape index (κ2) is 8.73. The summed E-state index contributed by atoms with van der Waals surface area (Å²) in [5, 5.41) is 6.35. The normalized spacial score (nSPS) is 17.9. The van der Waals surface area contributed by atoms with Crippen molar-refractivity contribution in [1.29, 1.82) is 0 Å². The molecule has 32 heavy (non-hydrogen) atoms. The van der Waals surface area contributed by atoms with Crippen molar-refractivity contribution < 1.29 is 4.74 Å². The molecule has 4 nitrogen and oxygen atoms in total. The first-order valence-corrected chi connectivity index (χ1v) is 11.8. The summed E-state index contributed by atoms with van der Waals surface area (Å²) in [7, 11) is 0. The van der Waals surface area contributed by atoms with Crippen LogP contribution in [0.3, 0.4) is 0 Å². The molecule has 0 spiro atoms. The number of thiophene rings is 1. The molecule has 2 aromatic carbocycles. The van der Waals surface area contributed by atoms with Crippen LogP contribution in [0.2, 0.25) is 0 Å². The Balaban J connectivity index is 1.49. The summed E-state index contributed by atoms with van der Waals surface area (Å²) >= 11 is 7.57. The van der Waals surface area contributed by atoms with E-state index in [9.17, 15) is 0 Å². The fourth-order valence-electron chi connectivity index (χ4n) is 4.06. The largest absolute Gasteiger partial charge is 0.457 e. The van der Waals surface area contributed by atoms with E-state index in [2.05, 4.69) is 51.8 Å². The Kier molecular flexibility index (Phi) is 5.64. The molecular weight excluding hydrogens is 434 g/mol. The predicted octanol–water partition coefficient (Wildman–Crippen LogP) is 6.73. The number of ether oxygens (including phenoxy) is 1. The quantitative estimate of drug-likeness (QED) is 0.336.